The van der Waals surface area contributed by atoms with Gasteiger partial charge in [0.2, 0.25) is 0 Å². The Bertz CT molecular complexity index is 1120. The van der Waals surface area contributed by atoms with E-state index in [1.807, 2.05) is 61.5 Å². The Morgan fingerprint density at radius 2 is 2.00 bits per heavy atom. The molecule has 0 aliphatic carbocycles. The highest BCUT2D eigenvalue weighted by Gasteiger charge is 2.18. The van der Waals surface area contributed by atoms with Gasteiger partial charge in [0.1, 0.15) is 5.75 Å². The highest BCUT2D eigenvalue weighted by molar-refractivity contribution is 9.10. The molecule has 4 nitrogen and oxygen atoms in total. The predicted molar refractivity (Wildman–Crippen MR) is 110 cm³/mol. The van der Waals surface area contributed by atoms with Crippen LogP contribution in [0.5, 0.6) is 5.75 Å². The normalized spacial score (nSPS) is 11.0. The quantitative estimate of drug-likeness (QED) is 0.444. The topological polar surface area (TPSA) is 51.2 Å². The van der Waals surface area contributed by atoms with Crippen LogP contribution in [0.2, 0.25) is 0 Å². The van der Waals surface area contributed by atoms with Gasteiger partial charge < -0.3 is 4.74 Å². The molecule has 26 heavy (non-hydrogen) atoms. The van der Waals surface area contributed by atoms with E-state index in [2.05, 4.69) is 26.2 Å². The molecule has 0 saturated heterocycles. The fourth-order valence-electron chi connectivity index (χ4n) is 2.89. The lowest BCUT2D eigenvalue weighted by molar-refractivity contribution is 0.102. The number of nitrogens with zero attached hydrogens (tertiary/aromatic N) is 1. The van der Waals surface area contributed by atoms with Gasteiger partial charge in [-0.15, -0.1) is 0 Å². The van der Waals surface area contributed by atoms with Gasteiger partial charge in [0, 0.05) is 4.47 Å². The number of anilines is 1. The second kappa shape index (κ2) is 7.05. The van der Waals surface area contributed by atoms with Crippen LogP contribution in [0.1, 0.15) is 17.3 Å². The monoisotopic (exact) mass is 426 g/mol. The second-order valence-corrected chi connectivity index (χ2v) is 7.54. The molecule has 1 amide bonds. The van der Waals surface area contributed by atoms with Crippen LogP contribution in [0.3, 0.4) is 0 Å². The Kier molecular flexibility index (Phi) is 4.61. The third-order valence-electron chi connectivity index (χ3n) is 4.01. The summed E-state index contributed by atoms with van der Waals surface area (Å²) >= 11 is 4.94. The van der Waals surface area contributed by atoms with E-state index in [4.69, 9.17) is 4.74 Å². The van der Waals surface area contributed by atoms with Crippen molar-refractivity contribution in [3.63, 3.8) is 0 Å². The summed E-state index contributed by atoms with van der Waals surface area (Å²) in [5.74, 6) is 0.353. The maximum Gasteiger partial charge on any atom is 0.261 e. The van der Waals surface area contributed by atoms with Crippen LogP contribution in [0.25, 0.3) is 21.0 Å². The first-order chi connectivity index (χ1) is 12.7. The molecule has 0 bridgehead atoms. The van der Waals surface area contributed by atoms with E-state index in [1.54, 1.807) is 0 Å². The number of halogens is 1. The van der Waals surface area contributed by atoms with Gasteiger partial charge in [-0.05, 0) is 51.8 Å². The molecule has 6 heteroatoms. The molecule has 0 aliphatic rings. The van der Waals surface area contributed by atoms with Gasteiger partial charge in [0.25, 0.3) is 5.91 Å². The van der Waals surface area contributed by atoms with E-state index in [1.165, 1.54) is 11.3 Å². The number of fused-ring (bicyclic) bond motifs is 2. The Labute approximate surface area is 162 Å². The molecule has 0 radical (unpaired) electrons. The molecule has 130 valence electrons. The third-order valence-corrected chi connectivity index (χ3v) is 5.58. The number of para-hydroxylation sites is 1. The van der Waals surface area contributed by atoms with Crippen molar-refractivity contribution < 1.29 is 9.53 Å². The minimum Gasteiger partial charge on any atom is -0.493 e. The zero-order chi connectivity index (χ0) is 18.1. The van der Waals surface area contributed by atoms with E-state index >= 15 is 0 Å². The van der Waals surface area contributed by atoms with Crippen LogP contribution < -0.4 is 10.1 Å². The minimum atomic E-state index is -0.222. The van der Waals surface area contributed by atoms with E-state index in [9.17, 15) is 4.79 Å². The molecule has 1 heterocycles. The number of hydrogen-bond acceptors (Lipinski definition) is 4. The number of rotatable bonds is 4. The summed E-state index contributed by atoms with van der Waals surface area (Å²) in [6, 6.07) is 17.5. The zero-order valence-electron chi connectivity index (χ0n) is 14.0. The number of aromatic nitrogens is 1. The van der Waals surface area contributed by atoms with Gasteiger partial charge in [-0.3, -0.25) is 10.1 Å². The number of thiazole rings is 1. The molecule has 1 N–H and O–H groups in total. The third kappa shape index (κ3) is 3.06. The van der Waals surface area contributed by atoms with Crippen molar-refractivity contribution in [2.75, 3.05) is 11.9 Å². The summed E-state index contributed by atoms with van der Waals surface area (Å²) in [6.45, 7) is 2.40. The average Bonchev–Trinajstić information content (AvgIpc) is 3.05. The highest BCUT2D eigenvalue weighted by atomic mass is 79.9. The first-order valence-electron chi connectivity index (χ1n) is 8.18. The molecule has 0 unspecified atom stereocenters. The van der Waals surface area contributed by atoms with Crippen LogP contribution in [-0.2, 0) is 0 Å². The molecule has 4 rings (SSSR count). The lowest BCUT2D eigenvalue weighted by Crippen LogP contribution is -2.14. The van der Waals surface area contributed by atoms with Crippen LogP contribution in [-0.4, -0.2) is 17.5 Å². The standard InChI is InChI=1S/C20H15BrN2O2S/c1-2-25-15-11-10-12-6-3-4-7-13(12)17(15)19(24)23-20-22-18-14(21)8-5-9-16(18)26-20/h3-11H,2H2,1H3,(H,22,23,24). The van der Waals surface area contributed by atoms with E-state index in [0.717, 1.165) is 25.5 Å². The Morgan fingerprint density at radius 1 is 1.15 bits per heavy atom. The van der Waals surface area contributed by atoms with Crippen molar-refractivity contribution in [3.8, 4) is 5.75 Å². The summed E-state index contributed by atoms with van der Waals surface area (Å²) in [5, 5.41) is 5.35. The van der Waals surface area contributed by atoms with Crippen LogP contribution in [0, 0.1) is 0 Å². The number of nitrogens with one attached hydrogen (secondary N) is 1. The second-order valence-electron chi connectivity index (χ2n) is 5.65. The largest absolute Gasteiger partial charge is 0.493 e. The lowest BCUT2D eigenvalue weighted by atomic mass is 10.0. The van der Waals surface area contributed by atoms with E-state index < -0.39 is 0 Å². The summed E-state index contributed by atoms with van der Waals surface area (Å²) in [6.07, 6.45) is 0. The maximum atomic E-state index is 13.0. The summed E-state index contributed by atoms with van der Waals surface area (Å²) in [5.41, 5.74) is 1.37. The summed E-state index contributed by atoms with van der Waals surface area (Å²) in [4.78, 5) is 17.6. The zero-order valence-corrected chi connectivity index (χ0v) is 16.4. The number of amides is 1. The fourth-order valence-corrected chi connectivity index (χ4v) is 4.36. The van der Waals surface area contributed by atoms with Crippen molar-refractivity contribution in [3.05, 3.63) is 64.6 Å². The molecule has 0 saturated carbocycles. The van der Waals surface area contributed by atoms with Crippen molar-refractivity contribution >= 4 is 59.3 Å². The first kappa shape index (κ1) is 17.0. The lowest BCUT2D eigenvalue weighted by Gasteiger charge is -2.12. The van der Waals surface area contributed by atoms with E-state index in [0.29, 0.717) is 23.1 Å². The number of ether oxygens (including phenoxy) is 1. The van der Waals surface area contributed by atoms with Crippen molar-refractivity contribution in [1.82, 2.24) is 4.98 Å². The molecule has 3 aromatic carbocycles. The Balaban J connectivity index is 1.77. The molecule has 1 aromatic heterocycles. The number of carbonyl (C=O) groups excluding carboxylic acids is 1. The molecular formula is C20H15BrN2O2S. The van der Waals surface area contributed by atoms with Gasteiger partial charge in [-0.25, -0.2) is 4.98 Å². The average molecular weight is 427 g/mol. The number of hydrogen-bond donors (Lipinski definition) is 1. The van der Waals surface area contributed by atoms with Gasteiger partial charge in [0.15, 0.2) is 5.13 Å². The fraction of sp³-hybridized carbons (Fsp3) is 0.100. The number of carbonyl (C=O) groups is 1. The minimum absolute atomic E-state index is 0.222. The SMILES string of the molecule is CCOc1ccc2ccccc2c1C(=O)Nc1nc2c(Br)cccc2s1. The van der Waals surface area contributed by atoms with Crippen LogP contribution >= 0.6 is 27.3 Å². The number of benzene rings is 3. The summed E-state index contributed by atoms with van der Waals surface area (Å²) < 4.78 is 7.62. The predicted octanol–water partition coefficient (Wildman–Crippen LogP) is 5.86. The van der Waals surface area contributed by atoms with Gasteiger partial charge in [0.05, 0.1) is 22.4 Å². The first-order valence-corrected chi connectivity index (χ1v) is 9.79. The Hall–Kier alpha value is -2.44. The smallest absolute Gasteiger partial charge is 0.261 e. The molecule has 4 aromatic rings. The van der Waals surface area contributed by atoms with Gasteiger partial charge >= 0.3 is 0 Å². The highest BCUT2D eigenvalue weighted by Crippen LogP contribution is 2.33. The summed E-state index contributed by atoms with van der Waals surface area (Å²) in [7, 11) is 0. The van der Waals surface area contributed by atoms with Crippen LogP contribution in [0.15, 0.2) is 59.1 Å². The molecule has 0 spiro atoms. The molecule has 0 aliphatic heterocycles. The van der Waals surface area contributed by atoms with E-state index in [-0.39, 0.29) is 5.91 Å². The van der Waals surface area contributed by atoms with Crippen molar-refractivity contribution in [1.29, 1.82) is 0 Å². The molecular weight excluding hydrogens is 412 g/mol. The van der Waals surface area contributed by atoms with Gasteiger partial charge in [-0.1, -0.05) is 47.7 Å². The van der Waals surface area contributed by atoms with Crippen LogP contribution in [0.4, 0.5) is 5.13 Å². The van der Waals surface area contributed by atoms with Gasteiger partial charge in [-0.2, -0.15) is 0 Å². The molecule has 0 fully saturated rings. The Morgan fingerprint density at radius 3 is 2.81 bits per heavy atom. The maximum absolute atomic E-state index is 13.0. The van der Waals surface area contributed by atoms with Crippen molar-refractivity contribution in [2.45, 2.75) is 6.92 Å². The molecule has 0 atom stereocenters. The van der Waals surface area contributed by atoms with Crippen molar-refractivity contribution in [2.24, 2.45) is 0 Å².